The molecule has 0 saturated heterocycles. The highest BCUT2D eigenvalue weighted by Gasteiger charge is 2.24. The maximum absolute atomic E-state index is 13.3. The molecule has 3 aromatic heterocycles. The third kappa shape index (κ3) is 3.33. The van der Waals surface area contributed by atoms with Crippen LogP contribution in [0.3, 0.4) is 0 Å². The highest BCUT2D eigenvalue weighted by molar-refractivity contribution is 6.10. The van der Waals surface area contributed by atoms with Gasteiger partial charge in [-0.3, -0.25) is 9.59 Å². The lowest BCUT2D eigenvalue weighted by molar-refractivity contribution is 0.102. The van der Waals surface area contributed by atoms with E-state index in [1.54, 1.807) is 60.8 Å². The van der Waals surface area contributed by atoms with Crippen LogP contribution < -0.4 is 10.9 Å². The number of carbonyl (C=O) groups is 1. The van der Waals surface area contributed by atoms with Crippen LogP contribution in [0, 0.1) is 0 Å². The van der Waals surface area contributed by atoms with Crippen LogP contribution in [0.2, 0.25) is 0 Å². The van der Waals surface area contributed by atoms with Crippen LogP contribution in [0.1, 0.15) is 10.5 Å². The molecule has 3 heterocycles. The zero-order chi connectivity index (χ0) is 21.2. The lowest BCUT2D eigenvalue weighted by Crippen LogP contribution is -2.25. The van der Waals surface area contributed by atoms with E-state index in [-0.39, 0.29) is 16.7 Å². The number of anilines is 1. The number of benzene rings is 2. The molecule has 0 unspecified atom stereocenters. The van der Waals surface area contributed by atoms with Crippen molar-refractivity contribution >= 4 is 22.6 Å². The average Bonchev–Trinajstić information content (AvgIpc) is 3.22. The lowest BCUT2D eigenvalue weighted by Gasteiger charge is -2.04. The van der Waals surface area contributed by atoms with Gasteiger partial charge in [-0.05, 0) is 36.4 Å². The van der Waals surface area contributed by atoms with Gasteiger partial charge in [-0.25, -0.2) is 9.67 Å². The van der Waals surface area contributed by atoms with Crippen LogP contribution in [0.25, 0.3) is 22.5 Å². The number of nitrogens with zero attached hydrogens (tertiary/aromatic N) is 6. The van der Waals surface area contributed by atoms with Gasteiger partial charge in [0, 0.05) is 11.9 Å². The maximum atomic E-state index is 13.3. The van der Waals surface area contributed by atoms with Crippen LogP contribution in [0.15, 0.2) is 89.9 Å². The zero-order valence-corrected chi connectivity index (χ0v) is 16.1. The molecule has 1 N–H and O–H groups in total. The zero-order valence-electron chi connectivity index (χ0n) is 16.1. The first-order valence-corrected chi connectivity index (χ1v) is 9.44. The first-order valence-electron chi connectivity index (χ1n) is 9.44. The predicted octanol–water partition coefficient (Wildman–Crippen LogP) is 2.61. The number of nitrogens with one attached hydrogen (secondary N) is 1. The second-order valence-corrected chi connectivity index (χ2v) is 6.61. The molecule has 0 fully saturated rings. The van der Waals surface area contributed by atoms with Crippen molar-refractivity contribution in [3.05, 3.63) is 101 Å². The molecule has 0 spiro atoms. The van der Waals surface area contributed by atoms with E-state index < -0.39 is 11.5 Å². The van der Waals surface area contributed by atoms with Crippen molar-refractivity contribution in [3.63, 3.8) is 0 Å². The van der Waals surface area contributed by atoms with Crippen LogP contribution in [-0.4, -0.2) is 35.7 Å². The Morgan fingerprint density at radius 2 is 1.55 bits per heavy atom. The number of para-hydroxylation sites is 2. The Labute approximate surface area is 175 Å². The van der Waals surface area contributed by atoms with Gasteiger partial charge in [-0.15, -0.1) is 5.10 Å². The third-order valence-corrected chi connectivity index (χ3v) is 4.61. The van der Waals surface area contributed by atoms with Crippen molar-refractivity contribution in [1.82, 2.24) is 29.8 Å². The van der Waals surface area contributed by atoms with Crippen LogP contribution >= 0.6 is 0 Å². The fourth-order valence-electron chi connectivity index (χ4n) is 3.18. The van der Waals surface area contributed by atoms with Gasteiger partial charge in [0.1, 0.15) is 5.39 Å². The number of amides is 1. The molecular formula is C22H15N7O2. The Morgan fingerprint density at radius 1 is 0.839 bits per heavy atom. The van der Waals surface area contributed by atoms with Crippen LogP contribution in [0.5, 0.6) is 0 Å². The average molecular weight is 409 g/mol. The van der Waals surface area contributed by atoms with E-state index in [0.717, 1.165) is 4.68 Å². The van der Waals surface area contributed by atoms with E-state index >= 15 is 0 Å². The fourth-order valence-corrected chi connectivity index (χ4v) is 3.18. The van der Waals surface area contributed by atoms with Crippen molar-refractivity contribution in [1.29, 1.82) is 0 Å². The minimum atomic E-state index is -0.538. The number of hydrogen-bond acceptors (Lipinski definition) is 6. The smallest absolute Gasteiger partial charge is 0.287 e. The summed E-state index contributed by atoms with van der Waals surface area (Å²) >= 11 is 0. The van der Waals surface area contributed by atoms with Gasteiger partial charge in [0.2, 0.25) is 0 Å². The van der Waals surface area contributed by atoms with E-state index in [1.807, 2.05) is 24.3 Å². The number of pyridine rings is 1. The summed E-state index contributed by atoms with van der Waals surface area (Å²) in [7, 11) is 0. The van der Waals surface area contributed by atoms with Gasteiger partial charge in [-0.1, -0.05) is 47.7 Å². The summed E-state index contributed by atoms with van der Waals surface area (Å²) in [5, 5.41) is 15.5. The lowest BCUT2D eigenvalue weighted by atomic mass is 10.2. The molecule has 0 aliphatic carbocycles. The summed E-state index contributed by atoms with van der Waals surface area (Å²) in [6, 6.07) is 23.2. The topological polar surface area (TPSA) is 108 Å². The minimum Gasteiger partial charge on any atom is -0.321 e. The molecule has 9 heteroatoms. The molecule has 0 bridgehead atoms. The van der Waals surface area contributed by atoms with E-state index in [9.17, 15) is 9.59 Å². The number of aromatic nitrogens is 6. The first-order chi connectivity index (χ1) is 15.2. The fraction of sp³-hybridized carbons (Fsp3) is 0. The standard InChI is InChI=1S/C22H15N7O2/c30-21(24-15-9-3-1-4-10-15)19-18-20(28(26-19)16-11-5-2-6-12-16)25-27-29(22(18)31)17-13-7-8-14-23-17/h1-14H,(H,24,30). The van der Waals surface area contributed by atoms with Crippen molar-refractivity contribution in [2.24, 2.45) is 0 Å². The summed E-state index contributed by atoms with van der Waals surface area (Å²) in [6.07, 6.45) is 1.55. The van der Waals surface area contributed by atoms with Gasteiger partial charge >= 0.3 is 0 Å². The van der Waals surface area contributed by atoms with Gasteiger partial charge < -0.3 is 5.32 Å². The van der Waals surface area contributed by atoms with E-state index in [4.69, 9.17) is 0 Å². The number of carbonyl (C=O) groups excluding carboxylic acids is 1. The normalized spacial score (nSPS) is 10.8. The number of hydrogen-bond donors (Lipinski definition) is 1. The quantitative estimate of drug-likeness (QED) is 0.489. The molecular weight excluding hydrogens is 394 g/mol. The Kier molecular flexibility index (Phi) is 4.53. The van der Waals surface area contributed by atoms with Crippen molar-refractivity contribution in [2.45, 2.75) is 0 Å². The Hall–Kier alpha value is -4.66. The van der Waals surface area contributed by atoms with Gasteiger partial charge in [-0.2, -0.15) is 9.78 Å². The van der Waals surface area contributed by atoms with E-state index in [2.05, 4.69) is 25.7 Å². The third-order valence-electron chi connectivity index (χ3n) is 4.61. The number of rotatable bonds is 4. The summed E-state index contributed by atoms with van der Waals surface area (Å²) in [4.78, 5) is 30.6. The number of fused-ring (bicyclic) bond motifs is 1. The van der Waals surface area contributed by atoms with Gasteiger partial charge in [0.25, 0.3) is 11.5 Å². The highest BCUT2D eigenvalue weighted by atomic mass is 16.2. The van der Waals surface area contributed by atoms with Gasteiger partial charge in [0.15, 0.2) is 17.2 Å². The van der Waals surface area contributed by atoms with Crippen molar-refractivity contribution < 1.29 is 4.79 Å². The van der Waals surface area contributed by atoms with E-state index in [0.29, 0.717) is 17.2 Å². The summed E-state index contributed by atoms with van der Waals surface area (Å²) in [5.41, 5.74) is 0.829. The van der Waals surface area contributed by atoms with Gasteiger partial charge in [0.05, 0.1) is 5.69 Å². The molecule has 0 saturated carbocycles. The highest BCUT2D eigenvalue weighted by Crippen LogP contribution is 2.19. The first kappa shape index (κ1) is 18.4. The summed E-state index contributed by atoms with van der Waals surface area (Å²) in [5.74, 6) is -0.229. The molecule has 0 atom stereocenters. The molecule has 150 valence electrons. The summed E-state index contributed by atoms with van der Waals surface area (Å²) in [6.45, 7) is 0. The van der Waals surface area contributed by atoms with Crippen LogP contribution in [-0.2, 0) is 0 Å². The Bertz CT molecular complexity index is 1430. The molecule has 1 amide bonds. The maximum Gasteiger partial charge on any atom is 0.287 e. The van der Waals surface area contributed by atoms with Crippen molar-refractivity contribution in [3.8, 4) is 11.5 Å². The molecule has 9 nitrogen and oxygen atoms in total. The Balaban J connectivity index is 1.73. The minimum absolute atomic E-state index is 0.0488. The molecule has 2 aromatic carbocycles. The Morgan fingerprint density at radius 3 is 2.26 bits per heavy atom. The largest absolute Gasteiger partial charge is 0.321 e. The molecule has 5 rings (SSSR count). The van der Waals surface area contributed by atoms with Crippen molar-refractivity contribution in [2.75, 3.05) is 5.32 Å². The van der Waals surface area contributed by atoms with Crippen LogP contribution in [0.4, 0.5) is 5.69 Å². The molecule has 0 radical (unpaired) electrons. The molecule has 0 aliphatic heterocycles. The second-order valence-electron chi connectivity index (χ2n) is 6.61. The molecule has 0 aliphatic rings. The van der Waals surface area contributed by atoms with E-state index in [1.165, 1.54) is 4.68 Å². The molecule has 5 aromatic rings. The SMILES string of the molecule is O=C(Nc1ccccc1)c1nn(-c2ccccc2)c2nnn(-c3ccccn3)c(=O)c12. The monoisotopic (exact) mass is 409 g/mol. The summed E-state index contributed by atoms with van der Waals surface area (Å²) < 4.78 is 2.49. The predicted molar refractivity (Wildman–Crippen MR) is 114 cm³/mol. The second kappa shape index (κ2) is 7.64. The molecule has 31 heavy (non-hydrogen) atoms.